The molecule has 4 nitrogen and oxygen atoms in total. The van der Waals surface area contributed by atoms with Crippen LogP contribution in [0.5, 0.6) is 0 Å². The molecule has 1 fully saturated rings. The van der Waals surface area contributed by atoms with E-state index >= 15 is 0 Å². The molecule has 1 N–H and O–H groups in total. The lowest BCUT2D eigenvalue weighted by Gasteiger charge is -2.18. The third kappa shape index (κ3) is 3.20. The average molecular weight is 284 g/mol. The third-order valence-corrected chi connectivity index (χ3v) is 4.10. The van der Waals surface area contributed by atoms with E-state index in [-0.39, 0.29) is 0 Å². The summed E-state index contributed by atoms with van der Waals surface area (Å²) in [4.78, 5) is 2.46. The van der Waals surface area contributed by atoms with Crippen LogP contribution >= 0.6 is 0 Å². The van der Waals surface area contributed by atoms with Gasteiger partial charge in [0.1, 0.15) is 0 Å². The molecule has 0 radical (unpaired) electrons. The summed E-state index contributed by atoms with van der Waals surface area (Å²) in [5.41, 5.74) is 4.82. The van der Waals surface area contributed by atoms with Crippen molar-refractivity contribution in [3.63, 3.8) is 0 Å². The van der Waals surface area contributed by atoms with Crippen molar-refractivity contribution in [2.45, 2.75) is 39.8 Å². The molecule has 0 saturated carbocycles. The quantitative estimate of drug-likeness (QED) is 0.913. The van der Waals surface area contributed by atoms with Crippen LogP contribution in [0.3, 0.4) is 0 Å². The smallest absolute Gasteiger partial charge is 0.0597 e. The van der Waals surface area contributed by atoms with Gasteiger partial charge in [0.2, 0.25) is 0 Å². The van der Waals surface area contributed by atoms with Gasteiger partial charge in [0.05, 0.1) is 17.9 Å². The van der Waals surface area contributed by atoms with Crippen molar-refractivity contribution < 1.29 is 0 Å². The minimum absolute atomic E-state index is 0.817. The minimum Gasteiger partial charge on any atom is -0.379 e. The van der Waals surface area contributed by atoms with Gasteiger partial charge < -0.3 is 10.2 Å². The number of hydrogen-bond acceptors (Lipinski definition) is 3. The van der Waals surface area contributed by atoms with Crippen LogP contribution in [0, 0.1) is 6.92 Å². The Bertz CT molecular complexity index is 579. The molecule has 1 aromatic heterocycles. The first-order chi connectivity index (χ1) is 10.3. The Morgan fingerprint density at radius 3 is 2.52 bits per heavy atom. The summed E-state index contributed by atoms with van der Waals surface area (Å²) >= 11 is 0. The Morgan fingerprint density at radius 1 is 1.14 bits per heavy atom. The average Bonchev–Trinajstić information content (AvgIpc) is 3.15. The summed E-state index contributed by atoms with van der Waals surface area (Å²) in [5, 5.41) is 7.97. The SMILES string of the molecule is CCn1nc(C)cc1CNc1ccc(N2CCCC2)cc1. The Kier molecular flexibility index (Phi) is 4.13. The van der Waals surface area contributed by atoms with Gasteiger partial charge in [-0.15, -0.1) is 0 Å². The van der Waals surface area contributed by atoms with Gasteiger partial charge in [-0.25, -0.2) is 0 Å². The number of benzene rings is 1. The van der Waals surface area contributed by atoms with Crippen LogP contribution in [0.2, 0.25) is 0 Å². The molecule has 1 saturated heterocycles. The van der Waals surface area contributed by atoms with Crippen LogP contribution in [0.25, 0.3) is 0 Å². The molecule has 0 amide bonds. The van der Waals surface area contributed by atoms with E-state index in [9.17, 15) is 0 Å². The summed E-state index contributed by atoms with van der Waals surface area (Å²) < 4.78 is 2.06. The fourth-order valence-corrected chi connectivity index (χ4v) is 2.97. The summed E-state index contributed by atoms with van der Waals surface area (Å²) in [6, 6.07) is 10.9. The Morgan fingerprint density at radius 2 is 1.86 bits per heavy atom. The van der Waals surface area contributed by atoms with Crippen LogP contribution < -0.4 is 10.2 Å². The highest BCUT2D eigenvalue weighted by molar-refractivity contribution is 5.55. The first-order valence-corrected chi connectivity index (χ1v) is 7.88. The maximum Gasteiger partial charge on any atom is 0.0597 e. The lowest BCUT2D eigenvalue weighted by atomic mass is 10.2. The molecule has 0 atom stereocenters. The Hall–Kier alpha value is -1.97. The lowest BCUT2D eigenvalue weighted by molar-refractivity contribution is 0.623. The van der Waals surface area contributed by atoms with Gasteiger partial charge >= 0.3 is 0 Å². The van der Waals surface area contributed by atoms with Gasteiger partial charge in [0.15, 0.2) is 0 Å². The summed E-state index contributed by atoms with van der Waals surface area (Å²) in [6.07, 6.45) is 2.64. The topological polar surface area (TPSA) is 33.1 Å². The van der Waals surface area contributed by atoms with Gasteiger partial charge in [-0.3, -0.25) is 4.68 Å². The number of rotatable bonds is 5. The maximum absolute atomic E-state index is 4.48. The number of hydrogen-bond donors (Lipinski definition) is 1. The summed E-state index contributed by atoms with van der Waals surface area (Å²) in [5.74, 6) is 0. The number of nitrogens with one attached hydrogen (secondary N) is 1. The third-order valence-electron chi connectivity index (χ3n) is 4.10. The molecule has 1 aliphatic heterocycles. The van der Waals surface area contributed by atoms with Crippen molar-refractivity contribution >= 4 is 11.4 Å². The molecule has 1 aromatic carbocycles. The first kappa shape index (κ1) is 14.0. The zero-order chi connectivity index (χ0) is 14.7. The van der Waals surface area contributed by atoms with E-state index in [4.69, 9.17) is 0 Å². The van der Waals surface area contributed by atoms with E-state index in [1.807, 2.05) is 6.92 Å². The highest BCUT2D eigenvalue weighted by atomic mass is 15.3. The van der Waals surface area contributed by atoms with Gasteiger partial charge in [-0.2, -0.15) is 5.10 Å². The van der Waals surface area contributed by atoms with Crippen LogP contribution in [-0.4, -0.2) is 22.9 Å². The summed E-state index contributed by atoms with van der Waals surface area (Å²) in [7, 11) is 0. The van der Waals surface area contributed by atoms with E-state index in [2.05, 4.69) is 57.3 Å². The van der Waals surface area contributed by atoms with Crippen LogP contribution in [0.1, 0.15) is 31.2 Å². The van der Waals surface area contributed by atoms with Crippen molar-refractivity contribution in [1.82, 2.24) is 9.78 Å². The molecule has 112 valence electrons. The maximum atomic E-state index is 4.48. The van der Waals surface area contributed by atoms with Crippen molar-refractivity contribution in [2.75, 3.05) is 23.3 Å². The monoisotopic (exact) mass is 284 g/mol. The zero-order valence-electron chi connectivity index (χ0n) is 13.0. The second kappa shape index (κ2) is 6.20. The van der Waals surface area contributed by atoms with Gasteiger partial charge in [0, 0.05) is 31.0 Å². The molecule has 4 heteroatoms. The van der Waals surface area contributed by atoms with Crippen LogP contribution in [0.4, 0.5) is 11.4 Å². The fourth-order valence-electron chi connectivity index (χ4n) is 2.97. The fraction of sp³-hybridized carbons (Fsp3) is 0.471. The van der Waals surface area contributed by atoms with Gasteiger partial charge in [-0.05, 0) is 57.0 Å². The number of aryl methyl sites for hydroxylation is 2. The molecule has 21 heavy (non-hydrogen) atoms. The molecular formula is C17H24N4. The van der Waals surface area contributed by atoms with Crippen molar-refractivity contribution in [3.8, 4) is 0 Å². The second-order valence-electron chi connectivity index (χ2n) is 5.69. The second-order valence-corrected chi connectivity index (χ2v) is 5.69. The van der Waals surface area contributed by atoms with Crippen molar-refractivity contribution in [3.05, 3.63) is 41.7 Å². The number of nitrogens with zero attached hydrogens (tertiary/aromatic N) is 3. The Labute approximate surface area is 126 Å². The standard InChI is InChI=1S/C17H24N4/c1-3-21-17(12-14(2)19-21)13-18-15-6-8-16(9-7-15)20-10-4-5-11-20/h6-9,12,18H,3-5,10-11,13H2,1-2H3. The molecule has 0 unspecified atom stereocenters. The predicted octanol–water partition coefficient (Wildman–Crippen LogP) is 3.42. The predicted molar refractivity (Wildman–Crippen MR) is 87.9 cm³/mol. The normalized spacial score (nSPS) is 14.7. The first-order valence-electron chi connectivity index (χ1n) is 7.88. The van der Waals surface area contributed by atoms with E-state index in [0.29, 0.717) is 0 Å². The van der Waals surface area contributed by atoms with Gasteiger partial charge in [0.25, 0.3) is 0 Å². The lowest BCUT2D eigenvalue weighted by Crippen LogP contribution is -2.17. The highest BCUT2D eigenvalue weighted by Crippen LogP contribution is 2.22. The van der Waals surface area contributed by atoms with Crippen LogP contribution in [-0.2, 0) is 13.1 Å². The molecule has 2 heterocycles. The molecule has 0 spiro atoms. The number of anilines is 2. The van der Waals surface area contributed by atoms with Gasteiger partial charge in [-0.1, -0.05) is 0 Å². The van der Waals surface area contributed by atoms with Crippen LogP contribution in [0.15, 0.2) is 30.3 Å². The Balaban J connectivity index is 1.62. The molecule has 0 aliphatic carbocycles. The zero-order valence-corrected chi connectivity index (χ0v) is 13.0. The molecule has 2 aromatic rings. The molecule has 0 bridgehead atoms. The number of aromatic nitrogens is 2. The highest BCUT2D eigenvalue weighted by Gasteiger charge is 2.11. The molecule has 1 aliphatic rings. The molecular weight excluding hydrogens is 260 g/mol. The van der Waals surface area contributed by atoms with E-state index in [1.165, 1.54) is 43.0 Å². The largest absolute Gasteiger partial charge is 0.379 e. The molecule has 3 rings (SSSR count). The van der Waals surface area contributed by atoms with Crippen molar-refractivity contribution in [1.29, 1.82) is 0 Å². The van der Waals surface area contributed by atoms with E-state index < -0.39 is 0 Å². The van der Waals surface area contributed by atoms with Crippen molar-refractivity contribution in [2.24, 2.45) is 0 Å². The summed E-state index contributed by atoms with van der Waals surface area (Å²) in [6.45, 7) is 8.29. The van der Waals surface area contributed by atoms with E-state index in [1.54, 1.807) is 0 Å². The van der Waals surface area contributed by atoms with E-state index in [0.717, 1.165) is 18.8 Å². The minimum atomic E-state index is 0.817.